The van der Waals surface area contributed by atoms with E-state index in [0.717, 1.165) is 22.2 Å². The lowest BCUT2D eigenvalue weighted by atomic mass is 10.00. The first-order valence-electron chi connectivity index (χ1n) is 7.50. The summed E-state index contributed by atoms with van der Waals surface area (Å²) >= 11 is 6.18. The molecule has 3 aromatic rings. The van der Waals surface area contributed by atoms with Gasteiger partial charge in [-0.1, -0.05) is 29.8 Å². The van der Waals surface area contributed by atoms with Gasteiger partial charge in [0.1, 0.15) is 5.82 Å². The van der Waals surface area contributed by atoms with E-state index in [1.807, 2.05) is 30.3 Å². The monoisotopic (exact) mass is 332 g/mol. The summed E-state index contributed by atoms with van der Waals surface area (Å²) in [5, 5.41) is 14.5. The zero-order valence-corrected chi connectivity index (χ0v) is 13.3. The van der Waals surface area contributed by atoms with E-state index in [9.17, 15) is 9.50 Å². The molecule has 0 aliphatic carbocycles. The number of nitrogens with one attached hydrogen (secondary N) is 2. The Hall–Kier alpha value is -1.88. The molecule has 0 saturated heterocycles. The number of aliphatic hydroxyl groups is 1. The molecule has 1 aromatic heterocycles. The van der Waals surface area contributed by atoms with Gasteiger partial charge in [-0.3, -0.25) is 0 Å². The Balaban J connectivity index is 1.64. The van der Waals surface area contributed by atoms with E-state index in [2.05, 4.69) is 10.3 Å². The molecule has 0 aliphatic heterocycles. The van der Waals surface area contributed by atoms with E-state index in [0.29, 0.717) is 18.1 Å². The molecule has 0 fully saturated rings. The molecular weight excluding hydrogens is 315 g/mol. The molecule has 0 aliphatic rings. The zero-order chi connectivity index (χ0) is 16.2. The highest BCUT2D eigenvalue weighted by atomic mass is 35.5. The molecular formula is C18H18ClFN2O. The molecule has 0 radical (unpaired) electrons. The molecule has 1 unspecified atom stereocenters. The van der Waals surface area contributed by atoms with Crippen molar-refractivity contribution in [2.24, 2.45) is 0 Å². The van der Waals surface area contributed by atoms with E-state index in [1.165, 1.54) is 12.1 Å². The highest BCUT2D eigenvalue weighted by Gasteiger charge is 2.13. The lowest BCUT2D eigenvalue weighted by Gasteiger charge is -2.16. The number of rotatable bonds is 6. The molecule has 0 spiro atoms. The van der Waals surface area contributed by atoms with Crippen LogP contribution in [-0.2, 0) is 6.54 Å². The van der Waals surface area contributed by atoms with Crippen molar-refractivity contribution in [1.82, 2.24) is 10.3 Å². The summed E-state index contributed by atoms with van der Waals surface area (Å²) < 4.78 is 13.2. The smallest absolute Gasteiger partial charge is 0.125 e. The lowest BCUT2D eigenvalue weighted by Crippen LogP contribution is -2.23. The summed E-state index contributed by atoms with van der Waals surface area (Å²) in [4.78, 5) is 3.19. The maximum Gasteiger partial charge on any atom is 0.125 e. The maximum absolute atomic E-state index is 13.2. The number of aromatic amines is 1. The van der Waals surface area contributed by atoms with Gasteiger partial charge in [-0.25, -0.2) is 4.39 Å². The molecule has 0 saturated carbocycles. The number of benzene rings is 2. The van der Waals surface area contributed by atoms with Crippen LogP contribution in [0.1, 0.15) is 17.2 Å². The van der Waals surface area contributed by atoms with Gasteiger partial charge in [0.15, 0.2) is 0 Å². The Morgan fingerprint density at radius 3 is 2.78 bits per heavy atom. The van der Waals surface area contributed by atoms with Crippen molar-refractivity contribution in [2.45, 2.75) is 12.5 Å². The highest BCUT2D eigenvalue weighted by Crippen LogP contribution is 2.23. The van der Waals surface area contributed by atoms with E-state index in [1.54, 1.807) is 6.07 Å². The van der Waals surface area contributed by atoms with Crippen LogP contribution in [0.25, 0.3) is 10.9 Å². The van der Waals surface area contributed by atoms with Crippen LogP contribution in [0, 0.1) is 5.82 Å². The van der Waals surface area contributed by atoms with Crippen LogP contribution in [-0.4, -0.2) is 23.2 Å². The molecule has 3 N–H and O–H groups in total. The van der Waals surface area contributed by atoms with E-state index in [-0.39, 0.29) is 18.3 Å². The fourth-order valence-electron chi connectivity index (χ4n) is 2.71. The summed E-state index contributed by atoms with van der Waals surface area (Å²) in [6, 6.07) is 14.2. The minimum absolute atomic E-state index is 0.0225. The average Bonchev–Trinajstić information content (AvgIpc) is 2.94. The van der Waals surface area contributed by atoms with Crippen molar-refractivity contribution in [3.05, 3.63) is 70.6 Å². The third-order valence-electron chi connectivity index (χ3n) is 3.91. The molecule has 5 heteroatoms. The van der Waals surface area contributed by atoms with E-state index >= 15 is 0 Å². The number of hydrogen-bond acceptors (Lipinski definition) is 2. The predicted octanol–water partition coefficient (Wildman–Crippen LogP) is 3.83. The second-order valence-corrected chi connectivity index (χ2v) is 5.97. The van der Waals surface area contributed by atoms with Crippen LogP contribution in [0.3, 0.4) is 0 Å². The van der Waals surface area contributed by atoms with Gasteiger partial charge in [-0.05, 0) is 41.3 Å². The summed E-state index contributed by atoms with van der Waals surface area (Å²) in [5.74, 6) is -0.316. The Morgan fingerprint density at radius 2 is 2.00 bits per heavy atom. The van der Waals surface area contributed by atoms with Gasteiger partial charge in [-0.15, -0.1) is 0 Å². The van der Waals surface area contributed by atoms with Crippen molar-refractivity contribution in [3.63, 3.8) is 0 Å². The molecule has 0 bridgehead atoms. The standard InChI is InChI=1S/C18H18ClFN2O/c19-17-4-2-1-3-16(17)13(11-23)9-21-10-15-7-12-5-6-14(20)8-18(12)22-15/h1-8,13,21-23H,9-11H2. The first-order valence-corrected chi connectivity index (χ1v) is 7.88. The first kappa shape index (κ1) is 16.0. The summed E-state index contributed by atoms with van der Waals surface area (Å²) in [5.41, 5.74) is 2.69. The SMILES string of the molecule is OCC(CNCc1cc2ccc(F)cc2[nH]1)c1ccccc1Cl. The molecule has 3 nitrogen and oxygen atoms in total. The number of halogens is 2. The Labute approximate surface area is 139 Å². The summed E-state index contributed by atoms with van der Waals surface area (Å²) in [6.07, 6.45) is 0. The normalized spacial score (nSPS) is 12.7. The van der Waals surface area contributed by atoms with Gasteiger partial charge in [0, 0.05) is 35.2 Å². The summed E-state index contributed by atoms with van der Waals surface area (Å²) in [6.45, 7) is 1.23. The van der Waals surface area contributed by atoms with Crippen LogP contribution in [0.4, 0.5) is 4.39 Å². The number of aliphatic hydroxyl groups excluding tert-OH is 1. The van der Waals surface area contributed by atoms with Crippen LogP contribution < -0.4 is 5.32 Å². The van der Waals surface area contributed by atoms with Crippen molar-refractivity contribution >= 4 is 22.5 Å². The van der Waals surface area contributed by atoms with Gasteiger partial charge in [0.05, 0.1) is 6.61 Å². The van der Waals surface area contributed by atoms with E-state index in [4.69, 9.17) is 11.6 Å². The first-order chi connectivity index (χ1) is 11.2. The van der Waals surface area contributed by atoms with Crippen LogP contribution in [0.5, 0.6) is 0 Å². The van der Waals surface area contributed by atoms with Crippen LogP contribution >= 0.6 is 11.6 Å². The second kappa shape index (κ2) is 7.13. The quantitative estimate of drug-likeness (QED) is 0.642. The topological polar surface area (TPSA) is 48.0 Å². The number of hydrogen-bond donors (Lipinski definition) is 3. The van der Waals surface area contributed by atoms with Crippen molar-refractivity contribution in [2.75, 3.05) is 13.2 Å². The third-order valence-corrected chi connectivity index (χ3v) is 4.26. The van der Waals surface area contributed by atoms with Gasteiger partial charge < -0.3 is 15.4 Å². The van der Waals surface area contributed by atoms with Gasteiger partial charge in [-0.2, -0.15) is 0 Å². The predicted molar refractivity (Wildman–Crippen MR) is 91.2 cm³/mol. The fraction of sp³-hybridized carbons (Fsp3) is 0.222. The van der Waals surface area contributed by atoms with E-state index < -0.39 is 0 Å². The Morgan fingerprint density at radius 1 is 1.17 bits per heavy atom. The van der Waals surface area contributed by atoms with Crippen LogP contribution in [0.15, 0.2) is 48.5 Å². The number of fused-ring (bicyclic) bond motifs is 1. The molecule has 1 heterocycles. The highest BCUT2D eigenvalue weighted by molar-refractivity contribution is 6.31. The molecule has 3 rings (SSSR count). The minimum atomic E-state index is -0.252. The fourth-order valence-corrected chi connectivity index (χ4v) is 3.00. The van der Waals surface area contributed by atoms with Crippen LogP contribution in [0.2, 0.25) is 5.02 Å². The van der Waals surface area contributed by atoms with Crippen molar-refractivity contribution in [3.8, 4) is 0 Å². The third kappa shape index (κ3) is 3.72. The Bertz CT molecular complexity index is 803. The number of aromatic nitrogens is 1. The van der Waals surface area contributed by atoms with Gasteiger partial charge in [0.2, 0.25) is 0 Å². The minimum Gasteiger partial charge on any atom is -0.396 e. The Kier molecular flexibility index (Phi) is 4.96. The molecule has 2 aromatic carbocycles. The lowest BCUT2D eigenvalue weighted by molar-refractivity contribution is 0.261. The number of H-pyrrole nitrogens is 1. The van der Waals surface area contributed by atoms with Crippen molar-refractivity contribution in [1.29, 1.82) is 0 Å². The molecule has 120 valence electrons. The summed E-state index contributed by atoms with van der Waals surface area (Å²) in [7, 11) is 0. The molecule has 1 atom stereocenters. The van der Waals surface area contributed by atoms with Gasteiger partial charge in [0.25, 0.3) is 0 Å². The second-order valence-electron chi connectivity index (χ2n) is 5.56. The maximum atomic E-state index is 13.2. The largest absolute Gasteiger partial charge is 0.396 e. The van der Waals surface area contributed by atoms with Crippen molar-refractivity contribution < 1.29 is 9.50 Å². The van der Waals surface area contributed by atoms with Gasteiger partial charge >= 0.3 is 0 Å². The average molecular weight is 333 g/mol. The molecule has 23 heavy (non-hydrogen) atoms. The molecule has 0 amide bonds. The zero-order valence-electron chi connectivity index (χ0n) is 12.5.